The molecule has 8 heteroatoms. The van der Waals surface area contributed by atoms with Gasteiger partial charge in [0.2, 0.25) is 0 Å². The van der Waals surface area contributed by atoms with Crippen LogP contribution in [0.1, 0.15) is 16.8 Å². The molecule has 0 saturated carbocycles. The number of aromatic amines is 1. The number of ether oxygens (including phenoxy) is 2. The Morgan fingerprint density at radius 3 is 2.64 bits per heavy atom. The molecule has 0 aliphatic heterocycles. The average Bonchev–Trinajstić information content (AvgIpc) is 3.01. The first-order chi connectivity index (χ1) is 11.5. The van der Waals surface area contributed by atoms with Crippen molar-refractivity contribution in [3.05, 3.63) is 41.2 Å². The minimum absolute atomic E-state index is 0. The Morgan fingerprint density at radius 2 is 1.96 bits per heavy atom. The summed E-state index contributed by atoms with van der Waals surface area (Å²) in [5, 5.41) is 0.430. The van der Waals surface area contributed by atoms with Gasteiger partial charge in [0.25, 0.3) is 0 Å². The van der Waals surface area contributed by atoms with Gasteiger partial charge >= 0.3 is 23.1 Å². The molecule has 126 valence electrons. The van der Waals surface area contributed by atoms with Gasteiger partial charge in [-0.15, -0.1) is 0 Å². The molecule has 3 aromatic rings. The van der Waals surface area contributed by atoms with Crippen LogP contribution in [0.15, 0.2) is 29.6 Å². The van der Waals surface area contributed by atoms with Gasteiger partial charge in [0.1, 0.15) is 11.5 Å². The van der Waals surface area contributed by atoms with Crippen LogP contribution in [0.3, 0.4) is 0 Å². The Balaban J connectivity index is 0.00000225. The van der Waals surface area contributed by atoms with Crippen molar-refractivity contribution in [2.75, 3.05) is 14.2 Å². The Bertz CT molecular complexity index is 927. The molecular weight excluding hydrogens is 351 g/mol. The molecule has 1 unspecified atom stereocenters. The van der Waals surface area contributed by atoms with Crippen LogP contribution in [0, 0.1) is 13.8 Å². The molecule has 0 aliphatic carbocycles. The summed E-state index contributed by atoms with van der Waals surface area (Å²) in [6.45, 7) is 3.86. The second kappa shape index (κ2) is 8.16. The Kier molecular flexibility index (Phi) is 6.42. The minimum Gasteiger partial charge on any atom is -0.497 e. The summed E-state index contributed by atoms with van der Waals surface area (Å²) in [6, 6.07) is 5.50. The van der Waals surface area contributed by atoms with Gasteiger partial charge in [-0.1, -0.05) is 0 Å². The summed E-state index contributed by atoms with van der Waals surface area (Å²) < 4.78 is 23.3. The van der Waals surface area contributed by atoms with Crippen molar-refractivity contribution in [3.8, 4) is 11.5 Å². The number of aromatic nitrogens is 3. The first-order valence-corrected chi connectivity index (χ1v) is 8.76. The monoisotopic (exact) mass is 369 g/mol. The number of methoxy groups -OCH3 is 2. The molecule has 25 heavy (non-hydrogen) atoms. The number of hydrogen-bond acceptors (Lipinski definition) is 5. The molecule has 1 aromatic carbocycles. The van der Waals surface area contributed by atoms with Crippen LogP contribution >= 0.6 is 0 Å². The number of nitrogens with zero attached hydrogens (tertiary/aromatic N) is 2. The first kappa shape index (κ1) is 19.7. The number of fused-ring (bicyclic) bond motifs is 1. The van der Waals surface area contributed by atoms with Gasteiger partial charge in [0.15, 0.2) is 5.16 Å². The third kappa shape index (κ3) is 3.96. The number of pyridine rings is 1. The average molecular weight is 370 g/mol. The normalized spacial score (nSPS) is 11.8. The second-order valence-electron chi connectivity index (χ2n) is 5.46. The summed E-state index contributed by atoms with van der Waals surface area (Å²) >= 11 is 0. The molecule has 2 heterocycles. The smallest absolute Gasteiger partial charge is 0.497 e. The van der Waals surface area contributed by atoms with E-state index in [-0.39, 0.29) is 28.8 Å². The zero-order valence-electron chi connectivity index (χ0n) is 14.8. The SMILES string of the molecule is COc1ccc2nc(S(=O)Cc3ncc(C)c(OC)c3C)[nH]c2c1.[Mg+2]. The molecule has 0 saturated heterocycles. The molecule has 0 aliphatic rings. The first-order valence-electron chi connectivity index (χ1n) is 7.44. The summed E-state index contributed by atoms with van der Waals surface area (Å²) in [7, 11) is 1.91. The number of imidazole rings is 1. The van der Waals surface area contributed by atoms with E-state index in [0.29, 0.717) is 5.16 Å². The minimum atomic E-state index is -1.33. The number of nitrogens with one attached hydrogen (secondary N) is 1. The molecule has 0 bridgehead atoms. The van der Waals surface area contributed by atoms with E-state index in [0.717, 1.165) is 39.4 Å². The van der Waals surface area contributed by atoms with Gasteiger partial charge in [-0.05, 0) is 26.0 Å². The van der Waals surface area contributed by atoms with Gasteiger partial charge in [-0.2, -0.15) is 0 Å². The molecular formula is C17H19MgN3O3S+2. The van der Waals surface area contributed by atoms with Crippen LogP contribution in [0.2, 0.25) is 0 Å². The molecule has 1 atom stereocenters. The number of H-pyrrole nitrogens is 1. The fraction of sp³-hybridized carbons (Fsp3) is 0.294. The molecule has 6 nitrogen and oxygen atoms in total. The van der Waals surface area contributed by atoms with E-state index in [4.69, 9.17) is 9.47 Å². The summed E-state index contributed by atoms with van der Waals surface area (Å²) in [5.41, 5.74) is 4.16. The topological polar surface area (TPSA) is 77.1 Å². The van der Waals surface area contributed by atoms with Gasteiger partial charge in [0.05, 0.1) is 47.5 Å². The van der Waals surface area contributed by atoms with Crippen LogP contribution in [-0.2, 0) is 16.6 Å². The predicted molar refractivity (Wildman–Crippen MR) is 98.8 cm³/mol. The zero-order chi connectivity index (χ0) is 17.3. The van der Waals surface area contributed by atoms with Crippen molar-refractivity contribution in [1.82, 2.24) is 15.0 Å². The Hall–Kier alpha value is -1.64. The van der Waals surface area contributed by atoms with E-state index in [1.807, 2.05) is 32.0 Å². The summed E-state index contributed by atoms with van der Waals surface area (Å²) in [4.78, 5) is 11.9. The van der Waals surface area contributed by atoms with Gasteiger partial charge in [-0.3, -0.25) is 9.19 Å². The van der Waals surface area contributed by atoms with Gasteiger partial charge in [-0.25, -0.2) is 4.98 Å². The fourth-order valence-corrected chi connectivity index (χ4v) is 3.71. The van der Waals surface area contributed by atoms with Gasteiger partial charge < -0.3 is 14.5 Å². The summed E-state index contributed by atoms with van der Waals surface area (Å²) in [5.74, 6) is 1.79. The largest absolute Gasteiger partial charge is 2.00 e. The van der Waals surface area contributed by atoms with Crippen molar-refractivity contribution in [3.63, 3.8) is 0 Å². The Labute approximate surface area is 165 Å². The maximum atomic E-state index is 12.7. The quantitative estimate of drug-likeness (QED) is 0.699. The van der Waals surface area contributed by atoms with Crippen LogP contribution in [0.5, 0.6) is 11.5 Å². The molecule has 0 amide bonds. The van der Waals surface area contributed by atoms with E-state index in [2.05, 4.69) is 15.0 Å². The number of aryl methyl sites for hydroxylation is 1. The fourth-order valence-electron chi connectivity index (χ4n) is 2.61. The molecule has 0 spiro atoms. The third-order valence-corrected chi connectivity index (χ3v) is 5.06. The van der Waals surface area contributed by atoms with Crippen molar-refractivity contribution in [2.45, 2.75) is 24.8 Å². The zero-order valence-corrected chi connectivity index (χ0v) is 17.0. The van der Waals surface area contributed by atoms with Crippen LogP contribution in [-0.4, -0.2) is 56.4 Å². The number of hydrogen-bond donors (Lipinski definition) is 1. The number of benzene rings is 1. The predicted octanol–water partition coefficient (Wildman–Crippen LogP) is 2.52. The number of rotatable bonds is 5. The Morgan fingerprint density at radius 1 is 1.20 bits per heavy atom. The second-order valence-corrected chi connectivity index (χ2v) is 6.83. The van der Waals surface area contributed by atoms with Crippen molar-refractivity contribution < 1.29 is 13.7 Å². The van der Waals surface area contributed by atoms with Gasteiger partial charge in [0, 0.05) is 23.4 Å². The molecule has 1 N–H and O–H groups in total. The molecule has 2 aromatic heterocycles. The van der Waals surface area contributed by atoms with E-state index < -0.39 is 10.8 Å². The van der Waals surface area contributed by atoms with E-state index in [9.17, 15) is 4.21 Å². The molecule has 0 fully saturated rings. The van der Waals surface area contributed by atoms with E-state index in [1.165, 1.54) is 0 Å². The maximum Gasteiger partial charge on any atom is 2.00 e. The van der Waals surface area contributed by atoms with E-state index in [1.54, 1.807) is 20.4 Å². The van der Waals surface area contributed by atoms with Crippen molar-refractivity contribution >= 4 is 44.9 Å². The third-order valence-electron chi connectivity index (χ3n) is 3.90. The van der Waals surface area contributed by atoms with Crippen LogP contribution in [0.25, 0.3) is 11.0 Å². The van der Waals surface area contributed by atoms with Crippen LogP contribution in [0.4, 0.5) is 0 Å². The standard InChI is InChI=1S/C17H19N3O3S.Mg/c1-10-8-18-15(11(2)16(10)23-4)9-24(21)17-19-13-6-5-12(22-3)7-14(13)20-17;/h5-8H,9H2,1-4H3,(H,19,20);/q;+2. The van der Waals surface area contributed by atoms with E-state index >= 15 is 0 Å². The molecule has 3 rings (SSSR count). The van der Waals surface area contributed by atoms with Crippen molar-refractivity contribution in [1.29, 1.82) is 0 Å². The maximum absolute atomic E-state index is 12.7. The summed E-state index contributed by atoms with van der Waals surface area (Å²) in [6.07, 6.45) is 1.74. The van der Waals surface area contributed by atoms with Crippen molar-refractivity contribution in [2.24, 2.45) is 0 Å². The molecule has 0 radical (unpaired) electrons. The van der Waals surface area contributed by atoms with Crippen LogP contribution < -0.4 is 9.47 Å².